The molecule has 0 bridgehead atoms. The number of hydrogen-bond donors (Lipinski definition) is 1. The SMILES string of the molecule is CCn1ncc(Cl)c1C(N)C(C)(CC)OC. The highest BCUT2D eigenvalue weighted by Gasteiger charge is 2.34. The fourth-order valence-electron chi connectivity index (χ4n) is 1.71. The Labute approximate surface area is 102 Å². The van der Waals surface area contributed by atoms with Gasteiger partial charge >= 0.3 is 0 Å². The van der Waals surface area contributed by atoms with Gasteiger partial charge in [0.1, 0.15) is 0 Å². The normalized spacial score (nSPS) is 17.1. The minimum absolute atomic E-state index is 0.280. The van der Waals surface area contributed by atoms with Gasteiger partial charge in [-0.25, -0.2) is 0 Å². The highest BCUT2D eigenvalue weighted by atomic mass is 35.5. The third kappa shape index (κ3) is 2.24. The quantitative estimate of drug-likeness (QED) is 0.867. The topological polar surface area (TPSA) is 53.1 Å². The molecule has 0 aliphatic rings. The van der Waals surface area contributed by atoms with Gasteiger partial charge in [0.2, 0.25) is 0 Å². The molecule has 0 fully saturated rings. The van der Waals surface area contributed by atoms with Crippen molar-refractivity contribution < 1.29 is 4.74 Å². The van der Waals surface area contributed by atoms with Crippen LogP contribution >= 0.6 is 11.6 Å². The van der Waals surface area contributed by atoms with Crippen LogP contribution in [0, 0.1) is 0 Å². The molecule has 5 heteroatoms. The molecule has 0 amide bonds. The number of nitrogens with two attached hydrogens (primary N) is 1. The van der Waals surface area contributed by atoms with Crippen LogP contribution in [0.2, 0.25) is 5.02 Å². The summed E-state index contributed by atoms with van der Waals surface area (Å²) >= 11 is 6.12. The van der Waals surface area contributed by atoms with Crippen molar-refractivity contribution in [3.05, 3.63) is 16.9 Å². The first kappa shape index (κ1) is 13.5. The van der Waals surface area contributed by atoms with E-state index in [0.29, 0.717) is 5.02 Å². The molecule has 0 radical (unpaired) electrons. The minimum Gasteiger partial charge on any atom is -0.376 e. The second kappa shape index (κ2) is 5.17. The summed E-state index contributed by atoms with van der Waals surface area (Å²) in [7, 11) is 1.67. The van der Waals surface area contributed by atoms with Crippen molar-refractivity contribution in [1.82, 2.24) is 9.78 Å². The van der Waals surface area contributed by atoms with Gasteiger partial charge in [-0.05, 0) is 20.3 Å². The van der Waals surface area contributed by atoms with Crippen LogP contribution in [0.3, 0.4) is 0 Å². The molecule has 92 valence electrons. The second-order valence-corrected chi connectivity index (χ2v) is 4.45. The molecule has 2 atom stereocenters. The Hall–Kier alpha value is -0.580. The summed E-state index contributed by atoms with van der Waals surface area (Å²) in [6, 6.07) is -0.280. The molecule has 0 aromatic carbocycles. The molecular formula is C11H20ClN3O. The Morgan fingerprint density at radius 2 is 2.25 bits per heavy atom. The molecule has 0 aliphatic heterocycles. The van der Waals surface area contributed by atoms with Gasteiger partial charge in [-0.15, -0.1) is 0 Å². The predicted octanol–water partition coefficient (Wildman–Crippen LogP) is 2.37. The smallest absolute Gasteiger partial charge is 0.0855 e. The summed E-state index contributed by atoms with van der Waals surface area (Å²) in [4.78, 5) is 0. The minimum atomic E-state index is -0.420. The lowest BCUT2D eigenvalue weighted by Gasteiger charge is -2.33. The van der Waals surface area contributed by atoms with Crippen molar-refractivity contribution in [2.24, 2.45) is 5.73 Å². The average molecular weight is 246 g/mol. The van der Waals surface area contributed by atoms with E-state index in [1.165, 1.54) is 0 Å². The lowest BCUT2D eigenvalue weighted by Crippen LogP contribution is -2.41. The van der Waals surface area contributed by atoms with Gasteiger partial charge in [-0.2, -0.15) is 5.10 Å². The standard InChI is InChI=1S/C11H20ClN3O/c1-5-11(3,16-4)10(13)9-8(12)7-14-15(9)6-2/h7,10H,5-6,13H2,1-4H3. The van der Waals surface area contributed by atoms with E-state index in [1.54, 1.807) is 13.3 Å². The fourth-order valence-corrected chi connectivity index (χ4v) is 1.97. The maximum absolute atomic E-state index is 6.25. The number of nitrogens with zero attached hydrogens (tertiary/aromatic N) is 2. The van der Waals surface area contributed by atoms with Crippen LogP contribution < -0.4 is 5.73 Å². The van der Waals surface area contributed by atoms with Crippen molar-refractivity contribution in [1.29, 1.82) is 0 Å². The van der Waals surface area contributed by atoms with Crippen molar-refractivity contribution >= 4 is 11.6 Å². The first-order valence-corrected chi connectivity index (χ1v) is 5.89. The van der Waals surface area contributed by atoms with E-state index in [9.17, 15) is 0 Å². The van der Waals surface area contributed by atoms with Gasteiger partial charge in [0, 0.05) is 13.7 Å². The lowest BCUT2D eigenvalue weighted by molar-refractivity contribution is -0.0214. The molecule has 0 saturated heterocycles. The number of rotatable bonds is 5. The average Bonchev–Trinajstić information content (AvgIpc) is 2.68. The van der Waals surface area contributed by atoms with Crippen LogP contribution in [0.25, 0.3) is 0 Å². The Balaban J connectivity index is 3.12. The van der Waals surface area contributed by atoms with Crippen LogP contribution in [0.5, 0.6) is 0 Å². The van der Waals surface area contributed by atoms with E-state index < -0.39 is 5.60 Å². The zero-order valence-corrected chi connectivity index (χ0v) is 11.1. The second-order valence-electron chi connectivity index (χ2n) is 4.04. The lowest BCUT2D eigenvalue weighted by atomic mass is 9.91. The van der Waals surface area contributed by atoms with Gasteiger partial charge in [0.15, 0.2) is 0 Å². The van der Waals surface area contributed by atoms with Gasteiger partial charge in [-0.1, -0.05) is 18.5 Å². The summed E-state index contributed by atoms with van der Waals surface area (Å²) in [6.45, 7) is 6.79. The van der Waals surface area contributed by atoms with E-state index in [2.05, 4.69) is 5.10 Å². The van der Waals surface area contributed by atoms with Crippen LogP contribution in [0.1, 0.15) is 38.9 Å². The van der Waals surface area contributed by atoms with Crippen molar-refractivity contribution in [2.45, 2.75) is 45.4 Å². The predicted molar refractivity (Wildman–Crippen MR) is 65.5 cm³/mol. The molecule has 4 nitrogen and oxygen atoms in total. The Kier molecular flexibility index (Phi) is 4.35. The number of ether oxygens (including phenoxy) is 1. The molecule has 1 aromatic heterocycles. The van der Waals surface area contributed by atoms with E-state index in [0.717, 1.165) is 18.7 Å². The van der Waals surface area contributed by atoms with Gasteiger partial charge in [-0.3, -0.25) is 4.68 Å². The van der Waals surface area contributed by atoms with Crippen molar-refractivity contribution in [3.63, 3.8) is 0 Å². The van der Waals surface area contributed by atoms with E-state index in [4.69, 9.17) is 22.1 Å². The molecule has 1 heterocycles. The van der Waals surface area contributed by atoms with Gasteiger partial charge < -0.3 is 10.5 Å². The number of methoxy groups -OCH3 is 1. The van der Waals surface area contributed by atoms with E-state index in [-0.39, 0.29) is 6.04 Å². The third-order valence-corrected chi connectivity index (χ3v) is 3.54. The zero-order valence-electron chi connectivity index (χ0n) is 10.3. The molecule has 16 heavy (non-hydrogen) atoms. The van der Waals surface area contributed by atoms with Crippen LogP contribution in [-0.2, 0) is 11.3 Å². The highest BCUT2D eigenvalue weighted by Crippen LogP contribution is 2.33. The third-order valence-electron chi connectivity index (χ3n) is 3.25. The molecule has 0 saturated carbocycles. The van der Waals surface area contributed by atoms with Crippen molar-refractivity contribution in [3.8, 4) is 0 Å². The largest absolute Gasteiger partial charge is 0.376 e. The van der Waals surface area contributed by atoms with Gasteiger partial charge in [0.05, 0.1) is 28.6 Å². The highest BCUT2D eigenvalue weighted by molar-refractivity contribution is 6.31. The molecule has 0 aliphatic carbocycles. The number of aryl methyl sites for hydroxylation is 1. The molecule has 0 spiro atoms. The number of aromatic nitrogens is 2. The monoisotopic (exact) mass is 245 g/mol. The van der Waals surface area contributed by atoms with Gasteiger partial charge in [0.25, 0.3) is 0 Å². The molecule has 1 aromatic rings. The number of hydrogen-bond acceptors (Lipinski definition) is 3. The maximum atomic E-state index is 6.25. The Bertz CT molecular complexity index is 347. The van der Waals surface area contributed by atoms with Crippen LogP contribution in [0.15, 0.2) is 6.20 Å². The first-order chi connectivity index (χ1) is 7.50. The summed E-state index contributed by atoms with van der Waals surface area (Å²) in [5.74, 6) is 0. The summed E-state index contributed by atoms with van der Waals surface area (Å²) in [6.07, 6.45) is 2.45. The molecular weight excluding hydrogens is 226 g/mol. The van der Waals surface area contributed by atoms with E-state index in [1.807, 2.05) is 25.5 Å². The van der Waals surface area contributed by atoms with E-state index >= 15 is 0 Å². The van der Waals surface area contributed by atoms with Crippen molar-refractivity contribution in [2.75, 3.05) is 7.11 Å². The molecule has 1 rings (SSSR count). The summed E-state index contributed by atoms with van der Waals surface area (Å²) < 4.78 is 7.32. The maximum Gasteiger partial charge on any atom is 0.0855 e. The Morgan fingerprint density at radius 1 is 1.62 bits per heavy atom. The molecule has 2 N–H and O–H groups in total. The fraction of sp³-hybridized carbons (Fsp3) is 0.727. The number of halogens is 1. The summed E-state index contributed by atoms with van der Waals surface area (Å²) in [5.41, 5.74) is 6.67. The van der Waals surface area contributed by atoms with Crippen LogP contribution in [-0.4, -0.2) is 22.5 Å². The summed E-state index contributed by atoms with van der Waals surface area (Å²) in [5, 5.41) is 4.79. The Morgan fingerprint density at radius 3 is 2.69 bits per heavy atom. The van der Waals surface area contributed by atoms with Crippen LogP contribution in [0.4, 0.5) is 0 Å². The molecule has 2 unspecified atom stereocenters. The zero-order chi connectivity index (χ0) is 12.3. The first-order valence-electron chi connectivity index (χ1n) is 5.52.